The second-order valence-corrected chi connectivity index (χ2v) is 13.0. The van der Waals surface area contributed by atoms with Crippen molar-refractivity contribution in [1.29, 1.82) is 0 Å². The molecule has 0 saturated heterocycles. The number of carbonyl (C=O) groups excluding carboxylic acids is 3. The van der Waals surface area contributed by atoms with E-state index < -0.39 is 42.8 Å². The Balaban J connectivity index is 1.94. The van der Waals surface area contributed by atoms with Crippen molar-refractivity contribution in [3.63, 3.8) is 0 Å². The summed E-state index contributed by atoms with van der Waals surface area (Å²) in [6, 6.07) is 27.7. The van der Waals surface area contributed by atoms with Gasteiger partial charge in [-0.3, -0.25) is 14.2 Å². The monoisotopic (exact) mass is 594 g/mol. The van der Waals surface area contributed by atoms with Crippen molar-refractivity contribution in [2.45, 2.75) is 50.8 Å². The number of nitrogens with one attached hydrogen (secondary N) is 2. The quantitative estimate of drug-likeness (QED) is 0.189. The number of Topliss-reactive ketones (excluding diaryl/α,β-unsaturated/α-hetero) is 1. The topological polar surface area (TPSA) is 120 Å². The molecule has 224 valence electrons. The molecule has 2 N–H and O–H groups in total. The maximum Gasteiger partial charge on any atom is 0.408 e. The van der Waals surface area contributed by atoms with Gasteiger partial charge in [0.05, 0.1) is 6.04 Å². The first-order valence-corrected chi connectivity index (χ1v) is 15.4. The summed E-state index contributed by atoms with van der Waals surface area (Å²) in [5, 5.41) is 5.77. The largest absolute Gasteiger partial charge is 0.444 e. The molecule has 0 bridgehead atoms. The Morgan fingerprint density at radius 3 is 1.57 bits per heavy atom. The van der Waals surface area contributed by atoms with E-state index in [4.69, 9.17) is 13.8 Å². The van der Waals surface area contributed by atoms with Crippen LogP contribution >= 0.6 is 7.60 Å². The minimum atomic E-state index is -3.72. The van der Waals surface area contributed by atoms with Crippen LogP contribution in [-0.2, 0) is 33.5 Å². The lowest BCUT2D eigenvalue weighted by Gasteiger charge is -2.37. The van der Waals surface area contributed by atoms with Gasteiger partial charge in [-0.2, -0.15) is 0 Å². The van der Waals surface area contributed by atoms with E-state index in [0.717, 1.165) is 16.7 Å². The van der Waals surface area contributed by atoms with E-state index in [1.165, 1.54) is 14.2 Å². The molecular weight excluding hydrogens is 555 g/mol. The van der Waals surface area contributed by atoms with E-state index in [0.29, 0.717) is 0 Å². The zero-order valence-corrected chi connectivity index (χ0v) is 25.6. The molecule has 0 spiro atoms. The molecule has 10 heteroatoms. The Morgan fingerprint density at radius 2 is 1.19 bits per heavy atom. The summed E-state index contributed by atoms with van der Waals surface area (Å²) in [6.45, 7) is 5.08. The van der Waals surface area contributed by atoms with Crippen LogP contribution in [0.15, 0.2) is 91.0 Å². The third-order valence-electron chi connectivity index (χ3n) is 6.59. The summed E-state index contributed by atoms with van der Waals surface area (Å²) < 4.78 is 27.9. The maximum atomic E-state index is 13.7. The van der Waals surface area contributed by atoms with Crippen molar-refractivity contribution in [2.24, 2.45) is 0 Å². The molecule has 1 atom stereocenters. The first-order chi connectivity index (χ1) is 19.9. The smallest absolute Gasteiger partial charge is 0.408 e. The lowest BCUT2D eigenvalue weighted by molar-refractivity contribution is -0.123. The van der Waals surface area contributed by atoms with E-state index in [9.17, 15) is 18.9 Å². The summed E-state index contributed by atoms with van der Waals surface area (Å²) >= 11 is 0. The van der Waals surface area contributed by atoms with Gasteiger partial charge in [0, 0.05) is 20.6 Å². The highest BCUT2D eigenvalue weighted by Crippen LogP contribution is 2.46. The van der Waals surface area contributed by atoms with Crippen molar-refractivity contribution in [3.05, 3.63) is 108 Å². The molecule has 0 heterocycles. The van der Waals surface area contributed by atoms with Gasteiger partial charge in [0.2, 0.25) is 5.91 Å². The van der Waals surface area contributed by atoms with Crippen LogP contribution in [0.5, 0.6) is 0 Å². The molecule has 42 heavy (non-hydrogen) atoms. The molecular formula is C32H39N2O7P. The van der Waals surface area contributed by atoms with Crippen LogP contribution in [-0.4, -0.2) is 49.8 Å². The van der Waals surface area contributed by atoms with Crippen LogP contribution in [0.4, 0.5) is 4.79 Å². The van der Waals surface area contributed by atoms with Crippen LogP contribution in [0.2, 0.25) is 0 Å². The van der Waals surface area contributed by atoms with E-state index in [-0.39, 0.29) is 18.7 Å². The summed E-state index contributed by atoms with van der Waals surface area (Å²) in [7, 11) is -1.36. The number of carbonyl (C=O) groups is 3. The van der Waals surface area contributed by atoms with Crippen molar-refractivity contribution in [2.75, 3.05) is 20.4 Å². The molecule has 0 fully saturated rings. The van der Waals surface area contributed by atoms with Crippen LogP contribution in [0.3, 0.4) is 0 Å². The molecule has 9 nitrogen and oxygen atoms in total. The van der Waals surface area contributed by atoms with Gasteiger partial charge in [0.25, 0.3) is 0 Å². The van der Waals surface area contributed by atoms with Crippen LogP contribution in [0.25, 0.3) is 0 Å². The Bertz CT molecular complexity index is 1270. The number of ketones is 1. The lowest BCUT2D eigenvalue weighted by Crippen LogP contribution is -2.49. The number of hydrogen-bond acceptors (Lipinski definition) is 7. The molecule has 0 radical (unpaired) electrons. The van der Waals surface area contributed by atoms with E-state index in [1.807, 2.05) is 91.0 Å². The fourth-order valence-corrected chi connectivity index (χ4v) is 5.61. The van der Waals surface area contributed by atoms with Gasteiger partial charge in [-0.15, -0.1) is 0 Å². The number of alkyl carbamates (subject to hydrolysis) is 1. The lowest BCUT2D eigenvalue weighted by atomic mass is 9.77. The Kier molecular flexibility index (Phi) is 11.2. The standard InChI is InChI=1S/C32H39N2O7P/c1-31(2,3)41-30(37)33-27(28(35)23-42(38,39-4)40-5)21-22-29(36)34-32(24-15-9-6-10-16-24,25-17-11-7-12-18-25)26-19-13-8-14-20-26/h6-20,27H,21-23H2,1-5H3,(H,33,37)(H,34,36)/t27-/m0/s1. The highest BCUT2D eigenvalue weighted by atomic mass is 31.2. The second-order valence-electron chi connectivity index (χ2n) is 10.7. The molecule has 0 aliphatic carbocycles. The molecule has 3 rings (SSSR count). The van der Waals surface area contributed by atoms with Crippen molar-refractivity contribution >= 4 is 25.4 Å². The first-order valence-electron chi connectivity index (χ1n) is 13.6. The average molecular weight is 595 g/mol. The van der Waals surface area contributed by atoms with Gasteiger partial charge in [0.1, 0.15) is 17.3 Å². The predicted octanol–water partition coefficient (Wildman–Crippen LogP) is 5.82. The van der Waals surface area contributed by atoms with Gasteiger partial charge in [-0.05, 0) is 43.9 Å². The number of rotatable bonds is 13. The summed E-state index contributed by atoms with van der Waals surface area (Å²) in [4.78, 5) is 39.5. The summed E-state index contributed by atoms with van der Waals surface area (Å²) in [5.74, 6) is -0.974. The van der Waals surface area contributed by atoms with E-state index in [1.54, 1.807) is 20.8 Å². The molecule has 2 amide bonds. The van der Waals surface area contributed by atoms with Crippen molar-refractivity contribution in [3.8, 4) is 0 Å². The maximum absolute atomic E-state index is 13.7. The normalized spacial score (nSPS) is 12.7. The van der Waals surface area contributed by atoms with Gasteiger partial charge in [-0.25, -0.2) is 4.79 Å². The first kappa shape index (κ1) is 32.7. The number of benzene rings is 3. The molecule has 0 saturated carbocycles. The molecule has 0 unspecified atom stereocenters. The number of ether oxygens (including phenoxy) is 1. The van der Waals surface area contributed by atoms with Crippen LogP contribution in [0, 0.1) is 0 Å². The zero-order chi connectivity index (χ0) is 30.8. The third kappa shape index (κ3) is 8.61. The SMILES string of the molecule is COP(=O)(CC(=O)[C@H](CCC(=O)NC(c1ccccc1)(c1ccccc1)c1ccccc1)NC(=O)OC(C)(C)C)OC. The van der Waals surface area contributed by atoms with Gasteiger partial charge >= 0.3 is 13.7 Å². The highest BCUT2D eigenvalue weighted by molar-refractivity contribution is 7.54. The van der Waals surface area contributed by atoms with Crippen LogP contribution in [0.1, 0.15) is 50.3 Å². The molecule has 3 aromatic rings. The Morgan fingerprint density at radius 1 is 0.762 bits per heavy atom. The van der Waals surface area contributed by atoms with E-state index in [2.05, 4.69) is 10.6 Å². The predicted molar refractivity (Wildman–Crippen MR) is 161 cm³/mol. The Labute approximate surface area is 247 Å². The number of amides is 2. The molecule has 0 aliphatic rings. The second kappa shape index (κ2) is 14.4. The minimum Gasteiger partial charge on any atom is -0.444 e. The fourth-order valence-electron chi connectivity index (χ4n) is 4.60. The summed E-state index contributed by atoms with van der Waals surface area (Å²) in [5.41, 5.74) is 0.675. The third-order valence-corrected chi connectivity index (χ3v) is 8.40. The molecule has 3 aromatic carbocycles. The molecule has 0 aliphatic heterocycles. The highest BCUT2D eigenvalue weighted by Gasteiger charge is 2.38. The molecule has 0 aromatic heterocycles. The van der Waals surface area contributed by atoms with Crippen molar-refractivity contribution in [1.82, 2.24) is 10.6 Å². The van der Waals surface area contributed by atoms with Gasteiger partial charge < -0.3 is 24.4 Å². The Hall–Kier alpha value is -3.78. The van der Waals surface area contributed by atoms with Crippen LogP contribution < -0.4 is 10.6 Å². The zero-order valence-electron chi connectivity index (χ0n) is 24.7. The van der Waals surface area contributed by atoms with Gasteiger partial charge in [-0.1, -0.05) is 91.0 Å². The summed E-state index contributed by atoms with van der Waals surface area (Å²) in [6.07, 6.45) is -1.63. The average Bonchev–Trinajstić information content (AvgIpc) is 2.98. The van der Waals surface area contributed by atoms with E-state index >= 15 is 0 Å². The fraction of sp³-hybridized carbons (Fsp3) is 0.344. The minimum absolute atomic E-state index is 0.0776. The number of hydrogen-bond donors (Lipinski definition) is 2. The van der Waals surface area contributed by atoms with Crippen molar-refractivity contribution < 1.29 is 32.7 Å². The van der Waals surface area contributed by atoms with Gasteiger partial charge in [0.15, 0.2) is 5.78 Å².